The predicted molar refractivity (Wildman–Crippen MR) is 127 cm³/mol. The lowest BCUT2D eigenvalue weighted by Crippen LogP contribution is -2.28. The van der Waals surface area contributed by atoms with Gasteiger partial charge in [-0.1, -0.05) is 23.7 Å². The minimum absolute atomic E-state index is 0.0127. The maximum Gasteiger partial charge on any atom is 0.261 e. The van der Waals surface area contributed by atoms with Crippen LogP contribution in [0.1, 0.15) is 23.2 Å². The molecule has 0 saturated carbocycles. The number of hydrogen-bond donors (Lipinski definition) is 2. The number of sulfonamides is 1. The fourth-order valence-corrected chi connectivity index (χ4v) is 5.65. The SMILES string of the molecule is O=C(Nc1ccccc1-n1ncc2c(=O)[nH]cnc21)c1cc(S(=O)(=O)N2CCCC2)ccc1Cl. The maximum absolute atomic E-state index is 13.2. The van der Waals surface area contributed by atoms with E-state index in [1.54, 1.807) is 24.3 Å². The van der Waals surface area contributed by atoms with E-state index in [0.29, 0.717) is 35.5 Å². The van der Waals surface area contributed by atoms with Crippen molar-refractivity contribution in [2.75, 3.05) is 18.4 Å². The molecular weight excluding hydrogens is 480 g/mol. The van der Waals surface area contributed by atoms with Gasteiger partial charge in [-0.2, -0.15) is 9.40 Å². The first kappa shape index (κ1) is 22.3. The summed E-state index contributed by atoms with van der Waals surface area (Å²) in [5, 5.41) is 7.44. The topological polar surface area (TPSA) is 130 Å². The van der Waals surface area contributed by atoms with E-state index in [1.165, 1.54) is 39.7 Å². The minimum atomic E-state index is -3.72. The molecule has 2 aromatic heterocycles. The van der Waals surface area contributed by atoms with Crippen LogP contribution in [0.5, 0.6) is 0 Å². The quantitative estimate of drug-likeness (QED) is 0.435. The van der Waals surface area contributed by atoms with Crippen molar-refractivity contribution in [3.8, 4) is 5.69 Å². The summed E-state index contributed by atoms with van der Waals surface area (Å²) in [4.78, 5) is 31.9. The number of para-hydroxylation sites is 2. The van der Waals surface area contributed by atoms with Gasteiger partial charge in [-0.3, -0.25) is 9.59 Å². The molecule has 174 valence electrons. The molecule has 1 fully saturated rings. The van der Waals surface area contributed by atoms with E-state index in [0.717, 1.165) is 12.8 Å². The van der Waals surface area contributed by atoms with E-state index in [1.807, 2.05) is 0 Å². The number of carbonyl (C=O) groups excluding carboxylic acids is 1. The van der Waals surface area contributed by atoms with Gasteiger partial charge in [0.1, 0.15) is 5.39 Å². The largest absolute Gasteiger partial charge is 0.320 e. The van der Waals surface area contributed by atoms with Crippen molar-refractivity contribution in [3.63, 3.8) is 0 Å². The third-order valence-electron chi connectivity index (χ3n) is 5.64. The fraction of sp³-hybridized carbons (Fsp3) is 0.182. The van der Waals surface area contributed by atoms with Crippen LogP contribution >= 0.6 is 11.6 Å². The van der Waals surface area contributed by atoms with Gasteiger partial charge in [-0.05, 0) is 43.2 Å². The first-order valence-electron chi connectivity index (χ1n) is 10.5. The number of benzene rings is 2. The molecule has 2 aromatic carbocycles. The molecule has 10 nitrogen and oxygen atoms in total. The Labute approximate surface area is 199 Å². The zero-order chi connectivity index (χ0) is 23.9. The summed E-state index contributed by atoms with van der Waals surface area (Å²) in [6, 6.07) is 10.9. The molecule has 12 heteroatoms. The first-order chi connectivity index (χ1) is 16.4. The van der Waals surface area contributed by atoms with Crippen molar-refractivity contribution < 1.29 is 13.2 Å². The molecule has 5 rings (SSSR count). The lowest BCUT2D eigenvalue weighted by molar-refractivity contribution is 0.102. The number of fused-ring (bicyclic) bond motifs is 1. The molecule has 1 aliphatic heterocycles. The van der Waals surface area contributed by atoms with Crippen LogP contribution in [0, 0.1) is 0 Å². The molecule has 0 atom stereocenters. The van der Waals surface area contributed by atoms with Crippen molar-refractivity contribution in [2.45, 2.75) is 17.7 Å². The number of nitrogens with zero attached hydrogens (tertiary/aromatic N) is 4. The maximum atomic E-state index is 13.2. The third-order valence-corrected chi connectivity index (χ3v) is 7.86. The number of amides is 1. The van der Waals surface area contributed by atoms with Crippen molar-refractivity contribution in [2.24, 2.45) is 0 Å². The molecule has 4 aromatic rings. The van der Waals surface area contributed by atoms with Crippen LogP contribution in [-0.2, 0) is 10.0 Å². The smallest absolute Gasteiger partial charge is 0.261 e. The van der Waals surface area contributed by atoms with E-state index < -0.39 is 15.9 Å². The van der Waals surface area contributed by atoms with E-state index in [9.17, 15) is 18.0 Å². The highest BCUT2D eigenvalue weighted by Crippen LogP contribution is 2.27. The van der Waals surface area contributed by atoms with Crippen LogP contribution in [0.2, 0.25) is 5.02 Å². The van der Waals surface area contributed by atoms with E-state index in [4.69, 9.17) is 11.6 Å². The van der Waals surface area contributed by atoms with Gasteiger partial charge in [-0.15, -0.1) is 0 Å². The highest BCUT2D eigenvalue weighted by Gasteiger charge is 2.28. The van der Waals surface area contributed by atoms with Gasteiger partial charge in [0, 0.05) is 13.1 Å². The Hall–Kier alpha value is -3.54. The number of rotatable bonds is 5. The molecule has 0 aliphatic carbocycles. The molecule has 1 saturated heterocycles. The van der Waals surface area contributed by atoms with Gasteiger partial charge in [0.2, 0.25) is 10.0 Å². The fourth-order valence-electron chi connectivity index (χ4n) is 3.90. The number of halogens is 1. The number of hydrogen-bond acceptors (Lipinski definition) is 6. The summed E-state index contributed by atoms with van der Waals surface area (Å²) in [6.07, 6.45) is 4.28. The summed E-state index contributed by atoms with van der Waals surface area (Å²) in [6.45, 7) is 0.906. The molecule has 0 unspecified atom stereocenters. The number of aromatic nitrogens is 4. The van der Waals surface area contributed by atoms with Crippen LogP contribution in [-0.4, -0.2) is 51.5 Å². The van der Waals surface area contributed by atoms with Gasteiger partial charge in [0.15, 0.2) is 5.65 Å². The van der Waals surface area contributed by atoms with Crippen LogP contribution in [0.3, 0.4) is 0 Å². The number of nitrogens with one attached hydrogen (secondary N) is 2. The molecule has 34 heavy (non-hydrogen) atoms. The lowest BCUT2D eigenvalue weighted by Gasteiger charge is -2.17. The van der Waals surface area contributed by atoms with Gasteiger partial charge >= 0.3 is 0 Å². The molecule has 0 spiro atoms. The van der Waals surface area contributed by atoms with Crippen LogP contribution in [0.4, 0.5) is 5.69 Å². The lowest BCUT2D eigenvalue weighted by atomic mass is 10.2. The summed E-state index contributed by atoms with van der Waals surface area (Å²) in [7, 11) is -3.72. The third kappa shape index (κ3) is 3.87. The molecule has 3 heterocycles. The van der Waals surface area contributed by atoms with E-state index >= 15 is 0 Å². The Kier molecular flexibility index (Phi) is 5.68. The van der Waals surface area contributed by atoms with E-state index in [-0.39, 0.29) is 21.0 Å². The summed E-state index contributed by atoms with van der Waals surface area (Å²) in [5.41, 5.74) is 0.865. The second-order valence-corrected chi connectivity index (χ2v) is 10.1. The highest BCUT2D eigenvalue weighted by atomic mass is 35.5. The molecule has 2 N–H and O–H groups in total. The Morgan fingerprint density at radius 1 is 1.12 bits per heavy atom. The van der Waals surface area contributed by atoms with Crippen molar-refractivity contribution in [1.29, 1.82) is 0 Å². The van der Waals surface area contributed by atoms with Crippen LogP contribution in [0.15, 0.2) is 64.7 Å². The summed E-state index contributed by atoms with van der Waals surface area (Å²) < 4.78 is 28.7. The Balaban J connectivity index is 1.50. The zero-order valence-corrected chi connectivity index (χ0v) is 19.3. The van der Waals surface area contributed by atoms with Crippen molar-refractivity contribution in [3.05, 3.63) is 75.9 Å². The van der Waals surface area contributed by atoms with Crippen molar-refractivity contribution >= 4 is 44.3 Å². The Morgan fingerprint density at radius 2 is 1.88 bits per heavy atom. The highest BCUT2D eigenvalue weighted by molar-refractivity contribution is 7.89. The average Bonchev–Trinajstić information content (AvgIpc) is 3.51. The average molecular weight is 499 g/mol. The van der Waals surface area contributed by atoms with E-state index in [2.05, 4.69) is 20.4 Å². The second-order valence-electron chi connectivity index (χ2n) is 7.75. The van der Waals surface area contributed by atoms with Gasteiger partial charge in [-0.25, -0.2) is 18.1 Å². The zero-order valence-electron chi connectivity index (χ0n) is 17.7. The minimum Gasteiger partial charge on any atom is -0.320 e. The first-order valence-corrected chi connectivity index (χ1v) is 12.3. The molecular formula is C22H19ClN6O4S. The number of anilines is 1. The summed E-state index contributed by atoms with van der Waals surface area (Å²) in [5.74, 6) is -0.585. The summed E-state index contributed by atoms with van der Waals surface area (Å²) >= 11 is 6.27. The van der Waals surface area contributed by atoms with Crippen LogP contribution < -0.4 is 10.9 Å². The monoisotopic (exact) mass is 498 g/mol. The van der Waals surface area contributed by atoms with Gasteiger partial charge < -0.3 is 10.3 Å². The van der Waals surface area contributed by atoms with Gasteiger partial charge in [0.05, 0.1) is 39.4 Å². The van der Waals surface area contributed by atoms with Gasteiger partial charge in [0.25, 0.3) is 11.5 Å². The molecule has 0 bridgehead atoms. The standard InChI is InChI=1S/C22H19ClN6O4S/c23-17-8-7-14(34(32,33)28-9-3-4-10-28)11-15(17)22(31)27-18-5-1-2-6-19(18)29-20-16(12-26-29)21(30)25-13-24-20/h1-2,5-8,11-13H,3-4,9-10H2,(H,27,31)(H,24,25,30). The normalized spacial score (nSPS) is 14.5. The Bertz CT molecular complexity index is 1570. The van der Waals surface area contributed by atoms with Crippen LogP contribution in [0.25, 0.3) is 16.7 Å². The Morgan fingerprint density at radius 3 is 2.68 bits per heavy atom. The molecule has 0 radical (unpaired) electrons. The molecule has 1 amide bonds. The number of carbonyl (C=O) groups is 1. The number of aromatic amines is 1. The van der Waals surface area contributed by atoms with Crippen molar-refractivity contribution in [1.82, 2.24) is 24.1 Å². The predicted octanol–water partition coefficient (Wildman–Crippen LogP) is 2.80. The second kappa shape index (κ2) is 8.67. The molecule has 1 aliphatic rings. The number of H-pyrrole nitrogens is 1.